The van der Waals surface area contributed by atoms with Crippen molar-refractivity contribution < 1.29 is 0 Å². The van der Waals surface area contributed by atoms with Crippen molar-refractivity contribution in [2.45, 2.75) is 77.6 Å². The van der Waals surface area contributed by atoms with E-state index in [0.29, 0.717) is 5.92 Å². The van der Waals surface area contributed by atoms with Crippen molar-refractivity contribution in [2.24, 2.45) is 5.92 Å². The Bertz CT molecular complexity index is 347. The summed E-state index contributed by atoms with van der Waals surface area (Å²) in [4.78, 5) is 0. The number of hydrogen-bond donors (Lipinski definition) is 0. The second kappa shape index (κ2) is 9.51. The van der Waals surface area contributed by atoms with Crippen LogP contribution in [0.1, 0.15) is 70.9 Å². The van der Waals surface area contributed by atoms with Gasteiger partial charge in [0, 0.05) is 13.0 Å². The summed E-state index contributed by atoms with van der Waals surface area (Å²) in [5.74, 6) is 2.87. The molecule has 0 aliphatic carbocycles. The van der Waals surface area contributed by atoms with Crippen LogP contribution >= 0.6 is 15.9 Å². The molecule has 0 radical (unpaired) electrons. The molecule has 0 aromatic carbocycles. The Kier molecular flexibility index (Phi) is 8.35. The molecule has 0 aliphatic rings. The van der Waals surface area contributed by atoms with Crippen molar-refractivity contribution in [3.8, 4) is 0 Å². The summed E-state index contributed by atoms with van der Waals surface area (Å²) in [5, 5.41) is 9.43. The van der Waals surface area contributed by atoms with Gasteiger partial charge in [0.1, 0.15) is 11.6 Å². The minimum Gasteiger partial charge on any atom is -0.314 e. The highest BCUT2D eigenvalue weighted by Gasteiger charge is 2.11. The van der Waals surface area contributed by atoms with Crippen LogP contribution in [0.5, 0.6) is 0 Å². The number of hydrogen-bond acceptors (Lipinski definition) is 2. The Hall–Kier alpha value is -0.380. The van der Waals surface area contributed by atoms with Crippen LogP contribution in [0.3, 0.4) is 0 Å². The second-order valence-electron chi connectivity index (χ2n) is 5.69. The number of aromatic nitrogens is 3. The van der Waals surface area contributed by atoms with Crippen LogP contribution in [0.2, 0.25) is 0 Å². The normalized spacial score (nSPS) is 11.4. The average molecular weight is 330 g/mol. The number of nitrogens with zero attached hydrogens (tertiary/aromatic N) is 3. The first-order valence-corrected chi connectivity index (χ1v) is 8.78. The first-order valence-electron chi connectivity index (χ1n) is 7.66. The van der Waals surface area contributed by atoms with E-state index in [0.717, 1.165) is 24.1 Å². The van der Waals surface area contributed by atoms with E-state index in [1.165, 1.54) is 44.3 Å². The Morgan fingerprint density at radius 1 is 1.00 bits per heavy atom. The summed E-state index contributed by atoms with van der Waals surface area (Å²) in [6.07, 6.45) is 9.05. The molecule has 0 amide bonds. The third-order valence-electron chi connectivity index (χ3n) is 3.33. The van der Waals surface area contributed by atoms with Crippen molar-refractivity contribution in [1.29, 1.82) is 0 Å². The molecule has 0 fully saturated rings. The predicted octanol–water partition coefficient (Wildman–Crippen LogP) is 4.73. The zero-order valence-electron chi connectivity index (χ0n) is 12.7. The molecule has 1 rings (SSSR count). The lowest BCUT2D eigenvalue weighted by Gasteiger charge is -2.11. The Labute approximate surface area is 126 Å². The second-order valence-corrected chi connectivity index (χ2v) is 6.25. The van der Waals surface area contributed by atoms with E-state index in [2.05, 4.69) is 51.5 Å². The summed E-state index contributed by atoms with van der Waals surface area (Å²) >= 11 is 3.50. The molecule has 1 aromatic heterocycles. The van der Waals surface area contributed by atoms with Crippen LogP contribution < -0.4 is 0 Å². The maximum absolute atomic E-state index is 4.36. The van der Waals surface area contributed by atoms with E-state index in [1.54, 1.807) is 0 Å². The van der Waals surface area contributed by atoms with E-state index >= 15 is 0 Å². The SMILES string of the molecule is CCCCCCCCc1nnc(CBr)n1CC(C)C. The fourth-order valence-corrected chi connectivity index (χ4v) is 2.71. The first kappa shape index (κ1) is 16.7. The molecule has 0 saturated carbocycles. The van der Waals surface area contributed by atoms with E-state index in [9.17, 15) is 0 Å². The fourth-order valence-electron chi connectivity index (χ4n) is 2.30. The summed E-state index contributed by atoms with van der Waals surface area (Å²) in [5.41, 5.74) is 0. The molecular formula is C15H28BrN3. The molecule has 0 aliphatic heterocycles. The Morgan fingerprint density at radius 2 is 1.63 bits per heavy atom. The summed E-state index contributed by atoms with van der Waals surface area (Å²) < 4.78 is 2.30. The molecule has 0 atom stereocenters. The van der Waals surface area contributed by atoms with Crippen LogP contribution in [0.4, 0.5) is 0 Å². The molecule has 4 heteroatoms. The highest BCUT2D eigenvalue weighted by Crippen LogP contribution is 2.13. The predicted molar refractivity (Wildman–Crippen MR) is 84.6 cm³/mol. The largest absolute Gasteiger partial charge is 0.314 e. The number of unbranched alkanes of at least 4 members (excludes halogenated alkanes) is 5. The van der Waals surface area contributed by atoms with Crippen LogP contribution in [-0.2, 0) is 18.3 Å². The van der Waals surface area contributed by atoms with E-state index in [-0.39, 0.29) is 0 Å². The minimum atomic E-state index is 0.636. The van der Waals surface area contributed by atoms with Crippen molar-refractivity contribution in [1.82, 2.24) is 14.8 Å². The molecular weight excluding hydrogens is 302 g/mol. The highest BCUT2D eigenvalue weighted by molar-refractivity contribution is 9.08. The summed E-state index contributed by atoms with van der Waals surface area (Å²) in [6, 6.07) is 0. The molecule has 1 aromatic rings. The van der Waals surface area contributed by atoms with E-state index in [1.807, 2.05) is 0 Å². The van der Waals surface area contributed by atoms with Crippen LogP contribution in [0, 0.1) is 5.92 Å². The van der Waals surface area contributed by atoms with Gasteiger partial charge in [-0.1, -0.05) is 68.8 Å². The molecule has 110 valence electrons. The van der Waals surface area contributed by atoms with Gasteiger partial charge in [-0.25, -0.2) is 0 Å². The van der Waals surface area contributed by atoms with Crippen molar-refractivity contribution in [3.63, 3.8) is 0 Å². The smallest absolute Gasteiger partial charge is 0.143 e. The average Bonchev–Trinajstić information content (AvgIpc) is 2.75. The number of aryl methyl sites for hydroxylation is 1. The number of halogens is 1. The molecule has 19 heavy (non-hydrogen) atoms. The zero-order chi connectivity index (χ0) is 14.1. The van der Waals surface area contributed by atoms with Gasteiger partial charge in [-0.2, -0.15) is 0 Å². The van der Waals surface area contributed by atoms with Gasteiger partial charge < -0.3 is 4.57 Å². The lowest BCUT2D eigenvalue weighted by Crippen LogP contribution is -2.11. The lowest BCUT2D eigenvalue weighted by molar-refractivity contribution is 0.491. The molecule has 0 bridgehead atoms. The molecule has 0 saturated heterocycles. The first-order chi connectivity index (χ1) is 9.19. The molecule has 1 heterocycles. The maximum Gasteiger partial charge on any atom is 0.143 e. The number of rotatable bonds is 10. The summed E-state index contributed by atoms with van der Waals surface area (Å²) in [6.45, 7) is 7.77. The van der Waals surface area contributed by atoms with Gasteiger partial charge in [0.25, 0.3) is 0 Å². The van der Waals surface area contributed by atoms with Crippen LogP contribution in [0.15, 0.2) is 0 Å². The maximum atomic E-state index is 4.36. The van der Waals surface area contributed by atoms with Gasteiger partial charge in [-0.15, -0.1) is 10.2 Å². The van der Waals surface area contributed by atoms with Gasteiger partial charge in [0.15, 0.2) is 0 Å². The minimum absolute atomic E-state index is 0.636. The highest BCUT2D eigenvalue weighted by atomic mass is 79.9. The molecule has 0 N–H and O–H groups in total. The number of alkyl halides is 1. The van der Waals surface area contributed by atoms with E-state index < -0.39 is 0 Å². The lowest BCUT2D eigenvalue weighted by atomic mass is 10.1. The standard InChI is InChI=1S/C15H28BrN3/c1-4-5-6-7-8-9-10-14-17-18-15(11-16)19(14)12-13(2)3/h13H,4-12H2,1-3H3. The van der Waals surface area contributed by atoms with Gasteiger partial charge >= 0.3 is 0 Å². The third-order valence-corrected chi connectivity index (χ3v) is 3.83. The van der Waals surface area contributed by atoms with Gasteiger partial charge in [-0.3, -0.25) is 0 Å². The molecule has 0 spiro atoms. The molecule has 0 unspecified atom stereocenters. The zero-order valence-corrected chi connectivity index (χ0v) is 14.2. The van der Waals surface area contributed by atoms with Gasteiger partial charge in [0.2, 0.25) is 0 Å². The monoisotopic (exact) mass is 329 g/mol. The molecule has 3 nitrogen and oxygen atoms in total. The van der Waals surface area contributed by atoms with E-state index in [4.69, 9.17) is 0 Å². The Morgan fingerprint density at radius 3 is 2.26 bits per heavy atom. The summed E-state index contributed by atoms with van der Waals surface area (Å²) in [7, 11) is 0. The topological polar surface area (TPSA) is 30.7 Å². The van der Waals surface area contributed by atoms with Crippen molar-refractivity contribution in [3.05, 3.63) is 11.6 Å². The quantitative estimate of drug-likeness (QED) is 0.458. The van der Waals surface area contributed by atoms with Crippen LogP contribution in [-0.4, -0.2) is 14.8 Å². The third kappa shape index (κ3) is 6.07. The van der Waals surface area contributed by atoms with Gasteiger partial charge in [-0.05, 0) is 12.3 Å². The van der Waals surface area contributed by atoms with Crippen molar-refractivity contribution in [2.75, 3.05) is 0 Å². The van der Waals surface area contributed by atoms with Crippen LogP contribution in [0.25, 0.3) is 0 Å². The Balaban J connectivity index is 2.42. The fraction of sp³-hybridized carbons (Fsp3) is 0.867. The van der Waals surface area contributed by atoms with Gasteiger partial charge in [0.05, 0.1) is 5.33 Å². The van der Waals surface area contributed by atoms with Crippen molar-refractivity contribution >= 4 is 15.9 Å².